The van der Waals surface area contributed by atoms with Crippen molar-refractivity contribution in [2.24, 2.45) is 0 Å². The van der Waals surface area contributed by atoms with Gasteiger partial charge >= 0.3 is 0 Å². The average molecular weight is 327 g/mol. The predicted molar refractivity (Wildman–Crippen MR) is 91.5 cm³/mol. The van der Waals surface area contributed by atoms with Crippen LogP contribution in [0.1, 0.15) is 36.8 Å². The standard InChI is InChI=1S/C19H25N3O2/c1-2-5-17(15-22-11-3-10-21-22)16(4-1)14-20-18-6-8-19(9-7-18)23-12-13-24-19/h1-5,10-11,18,20H,6-9,12-15H2. The van der Waals surface area contributed by atoms with Crippen molar-refractivity contribution >= 4 is 0 Å². The van der Waals surface area contributed by atoms with E-state index in [2.05, 4.69) is 34.7 Å². The molecular formula is C19H25N3O2. The molecule has 1 spiro atoms. The summed E-state index contributed by atoms with van der Waals surface area (Å²) in [6.07, 6.45) is 8.06. The molecule has 0 bridgehead atoms. The third-order valence-corrected chi connectivity index (χ3v) is 5.15. The molecule has 2 aromatic rings. The molecule has 5 nitrogen and oxygen atoms in total. The lowest BCUT2D eigenvalue weighted by atomic mass is 9.90. The van der Waals surface area contributed by atoms with E-state index in [0.717, 1.165) is 52.0 Å². The molecule has 4 rings (SSSR count). The van der Waals surface area contributed by atoms with Gasteiger partial charge in [-0.2, -0.15) is 5.10 Å². The van der Waals surface area contributed by atoms with E-state index in [9.17, 15) is 0 Å². The van der Waals surface area contributed by atoms with Crippen molar-refractivity contribution in [2.75, 3.05) is 13.2 Å². The number of benzene rings is 1. The molecule has 2 fully saturated rings. The van der Waals surface area contributed by atoms with Gasteiger partial charge in [0.1, 0.15) is 0 Å². The summed E-state index contributed by atoms with van der Waals surface area (Å²) in [4.78, 5) is 0. The summed E-state index contributed by atoms with van der Waals surface area (Å²) in [6.45, 7) is 3.22. The Morgan fingerprint density at radius 3 is 2.54 bits per heavy atom. The van der Waals surface area contributed by atoms with Crippen molar-refractivity contribution in [3.05, 3.63) is 53.9 Å². The van der Waals surface area contributed by atoms with Crippen molar-refractivity contribution in [1.29, 1.82) is 0 Å². The molecule has 2 heterocycles. The van der Waals surface area contributed by atoms with E-state index in [1.165, 1.54) is 11.1 Å². The second-order valence-corrected chi connectivity index (χ2v) is 6.74. The summed E-state index contributed by atoms with van der Waals surface area (Å²) in [5, 5.41) is 8.04. The predicted octanol–water partition coefficient (Wildman–Crippen LogP) is 2.71. The van der Waals surface area contributed by atoms with E-state index in [1.807, 2.05) is 23.1 Å². The van der Waals surface area contributed by atoms with Crippen LogP contribution in [-0.2, 0) is 22.6 Å². The zero-order valence-corrected chi connectivity index (χ0v) is 14.0. The van der Waals surface area contributed by atoms with Crippen molar-refractivity contribution in [2.45, 2.75) is 50.6 Å². The van der Waals surface area contributed by atoms with E-state index in [4.69, 9.17) is 9.47 Å². The van der Waals surface area contributed by atoms with Gasteiger partial charge < -0.3 is 14.8 Å². The fourth-order valence-electron chi connectivity index (χ4n) is 3.75. The van der Waals surface area contributed by atoms with E-state index in [1.54, 1.807) is 0 Å². The minimum absolute atomic E-state index is 0.268. The maximum absolute atomic E-state index is 5.81. The SMILES string of the molecule is c1ccc(Cn2cccn2)c(CNC2CCC3(CC2)OCCO3)c1. The van der Waals surface area contributed by atoms with Crippen LogP contribution in [-0.4, -0.2) is 34.8 Å². The Hall–Kier alpha value is -1.69. The van der Waals surface area contributed by atoms with Crippen LogP contribution in [0.2, 0.25) is 0 Å². The normalized spacial score (nSPS) is 20.7. The van der Waals surface area contributed by atoms with Crippen LogP contribution in [0.3, 0.4) is 0 Å². The molecule has 1 saturated carbocycles. The molecule has 1 aromatic heterocycles. The molecule has 0 atom stereocenters. The topological polar surface area (TPSA) is 48.3 Å². The van der Waals surface area contributed by atoms with Gasteiger partial charge in [0.15, 0.2) is 5.79 Å². The molecule has 0 radical (unpaired) electrons. The first-order valence-electron chi connectivity index (χ1n) is 8.89. The highest BCUT2D eigenvalue weighted by atomic mass is 16.7. The van der Waals surface area contributed by atoms with Gasteiger partial charge in [-0.25, -0.2) is 0 Å². The number of rotatable bonds is 5. The van der Waals surface area contributed by atoms with Crippen LogP contribution >= 0.6 is 0 Å². The minimum atomic E-state index is -0.268. The molecule has 0 amide bonds. The quantitative estimate of drug-likeness (QED) is 0.917. The number of aromatic nitrogens is 2. The zero-order valence-electron chi connectivity index (χ0n) is 14.0. The highest BCUT2D eigenvalue weighted by Crippen LogP contribution is 2.35. The molecule has 24 heavy (non-hydrogen) atoms. The van der Waals surface area contributed by atoms with Gasteiger partial charge in [0.2, 0.25) is 0 Å². The maximum atomic E-state index is 5.81. The third-order valence-electron chi connectivity index (χ3n) is 5.15. The van der Waals surface area contributed by atoms with Gasteiger partial charge in [0.05, 0.1) is 19.8 Å². The van der Waals surface area contributed by atoms with Crippen molar-refractivity contribution in [3.8, 4) is 0 Å². The largest absolute Gasteiger partial charge is 0.348 e. The summed E-state index contributed by atoms with van der Waals surface area (Å²) in [7, 11) is 0. The molecule has 1 saturated heterocycles. The number of hydrogen-bond acceptors (Lipinski definition) is 4. The van der Waals surface area contributed by atoms with E-state index >= 15 is 0 Å². The molecule has 0 unspecified atom stereocenters. The van der Waals surface area contributed by atoms with Crippen LogP contribution in [0.4, 0.5) is 0 Å². The summed E-state index contributed by atoms with van der Waals surface area (Å²) in [6, 6.07) is 11.1. The average Bonchev–Trinajstić information content (AvgIpc) is 3.28. The summed E-state index contributed by atoms with van der Waals surface area (Å²) >= 11 is 0. The van der Waals surface area contributed by atoms with Gasteiger partial charge in [-0.05, 0) is 30.0 Å². The van der Waals surface area contributed by atoms with E-state index < -0.39 is 0 Å². The summed E-state index contributed by atoms with van der Waals surface area (Å²) in [5.74, 6) is -0.268. The lowest BCUT2D eigenvalue weighted by molar-refractivity contribution is -0.179. The molecule has 1 N–H and O–H groups in total. The first-order valence-corrected chi connectivity index (χ1v) is 8.89. The van der Waals surface area contributed by atoms with Gasteiger partial charge in [0, 0.05) is 37.8 Å². The second-order valence-electron chi connectivity index (χ2n) is 6.74. The van der Waals surface area contributed by atoms with Crippen molar-refractivity contribution in [1.82, 2.24) is 15.1 Å². The maximum Gasteiger partial charge on any atom is 0.168 e. The highest BCUT2D eigenvalue weighted by Gasteiger charge is 2.40. The van der Waals surface area contributed by atoms with Crippen LogP contribution in [0.5, 0.6) is 0 Å². The Morgan fingerprint density at radius 1 is 1.08 bits per heavy atom. The lowest BCUT2D eigenvalue weighted by Crippen LogP contribution is -2.41. The first kappa shape index (κ1) is 15.8. The molecule has 128 valence electrons. The Labute approximate surface area is 143 Å². The van der Waals surface area contributed by atoms with E-state index in [0.29, 0.717) is 6.04 Å². The Balaban J connectivity index is 1.33. The molecular weight excluding hydrogens is 302 g/mol. The van der Waals surface area contributed by atoms with Gasteiger partial charge in [-0.1, -0.05) is 24.3 Å². The van der Waals surface area contributed by atoms with Crippen LogP contribution < -0.4 is 5.32 Å². The number of ether oxygens (including phenoxy) is 2. The summed E-state index contributed by atoms with van der Waals surface area (Å²) in [5.41, 5.74) is 2.67. The van der Waals surface area contributed by atoms with Crippen molar-refractivity contribution < 1.29 is 9.47 Å². The van der Waals surface area contributed by atoms with Gasteiger partial charge in [-0.3, -0.25) is 4.68 Å². The lowest BCUT2D eigenvalue weighted by Gasteiger charge is -2.35. The number of nitrogens with zero attached hydrogens (tertiary/aromatic N) is 2. The van der Waals surface area contributed by atoms with Crippen LogP contribution in [0, 0.1) is 0 Å². The minimum Gasteiger partial charge on any atom is -0.348 e. The van der Waals surface area contributed by atoms with Crippen LogP contribution in [0.25, 0.3) is 0 Å². The van der Waals surface area contributed by atoms with Gasteiger partial charge in [-0.15, -0.1) is 0 Å². The first-order chi connectivity index (χ1) is 11.8. The molecule has 1 aliphatic heterocycles. The fourth-order valence-corrected chi connectivity index (χ4v) is 3.75. The molecule has 1 aromatic carbocycles. The molecule has 5 heteroatoms. The van der Waals surface area contributed by atoms with Crippen molar-refractivity contribution in [3.63, 3.8) is 0 Å². The van der Waals surface area contributed by atoms with Gasteiger partial charge in [0.25, 0.3) is 0 Å². The Bertz CT molecular complexity index is 640. The highest BCUT2D eigenvalue weighted by molar-refractivity contribution is 5.27. The third kappa shape index (κ3) is 3.53. The van der Waals surface area contributed by atoms with E-state index in [-0.39, 0.29) is 5.79 Å². The fraction of sp³-hybridized carbons (Fsp3) is 0.526. The molecule has 1 aliphatic carbocycles. The summed E-state index contributed by atoms with van der Waals surface area (Å²) < 4.78 is 13.6. The Kier molecular flexibility index (Phi) is 4.65. The second kappa shape index (κ2) is 7.05. The Morgan fingerprint density at radius 2 is 1.83 bits per heavy atom. The monoisotopic (exact) mass is 327 g/mol. The smallest absolute Gasteiger partial charge is 0.168 e. The number of hydrogen-bond donors (Lipinski definition) is 1. The number of nitrogens with one attached hydrogen (secondary N) is 1. The molecule has 2 aliphatic rings. The van der Waals surface area contributed by atoms with Crippen LogP contribution in [0.15, 0.2) is 42.7 Å². The zero-order chi connectivity index (χ0) is 16.2.